The summed E-state index contributed by atoms with van der Waals surface area (Å²) in [5.74, 6) is -1.64. The van der Waals surface area contributed by atoms with Crippen molar-refractivity contribution in [1.82, 2.24) is 10.6 Å². The summed E-state index contributed by atoms with van der Waals surface area (Å²) < 4.78 is 22.2. The molecule has 0 saturated heterocycles. The van der Waals surface area contributed by atoms with Crippen LogP contribution in [0.3, 0.4) is 0 Å². The zero-order valence-electron chi connectivity index (χ0n) is 33.1. The fourth-order valence-corrected chi connectivity index (χ4v) is 4.18. The number of hydrogen-bond acceptors (Lipinski definition) is 12. The first-order valence-corrected chi connectivity index (χ1v) is 18.2. The van der Waals surface area contributed by atoms with Gasteiger partial charge in [-0.2, -0.15) is 0 Å². The second-order valence-corrected chi connectivity index (χ2v) is 12.9. The summed E-state index contributed by atoms with van der Waals surface area (Å²) in [4.78, 5) is 42.7. The average Bonchev–Trinajstić information content (AvgIpc) is 3.11. The molecule has 0 aliphatic rings. The Labute approximate surface area is 319 Å². The van der Waals surface area contributed by atoms with Gasteiger partial charge in [-0.05, 0) is 62.1 Å². The van der Waals surface area contributed by atoms with Gasteiger partial charge in [-0.1, -0.05) is 53.7 Å². The number of rotatable bonds is 24. The number of ketones is 2. The maximum absolute atomic E-state index is 11.8. The Balaban J connectivity index is 0.000000867. The van der Waals surface area contributed by atoms with Crippen molar-refractivity contribution >= 4 is 23.5 Å². The van der Waals surface area contributed by atoms with Crippen LogP contribution in [-0.4, -0.2) is 108 Å². The van der Waals surface area contributed by atoms with E-state index in [4.69, 9.17) is 29.2 Å². The molecule has 0 saturated carbocycles. The summed E-state index contributed by atoms with van der Waals surface area (Å²) in [6.07, 6.45) is 1.80. The highest BCUT2D eigenvalue weighted by Gasteiger charge is 2.14. The van der Waals surface area contributed by atoms with Gasteiger partial charge in [-0.25, -0.2) is 9.59 Å². The third kappa shape index (κ3) is 24.9. The fraction of sp³-hybridized carbons (Fsp3) is 0.550. The molecule has 0 aromatic heterocycles. The van der Waals surface area contributed by atoms with E-state index in [2.05, 4.69) is 24.5 Å². The number of aliphatic hydroxyl groups excluding tert-OH is 2. The molecule has 0 spiro atoms. The molecule has 14 heteroatoms. The van der Waals surface area contributed by atoms with Gasteiger partial charge in [0.05, 0.1) is 24.3 Å². The predicted molar refractivity (Wildman–Crippen MR) is 206 cm³/mol. The lowest BCUT2D eigenvalue weighted by Crippen LogP contribution is -2.35. The van der Waals surface area contributed by atoms with Crippen LogP contribution in [0.25, 0.3) is 0 Å². The maximum atomic E-state index is 11.8. The van der Waals surface area contributed by atoms with E-state index in [0.29, 0.717) is 86.4 Å². The minimum Gasteiger partial charge on any atom is -0.490 e. The van der Waals surface area contributed by atoms with Crippen molar-refractivity contribution in [2.75, 3.05) is 39.5 Å². The number of hydrogen-bond donors (Lipinski definition) is 6. The van der Waals surface area contributed by atoms with Crippen LogP contribution < -0.4 is 20.1 Å². The number of Topliss-reactive ketones (excluding diaryl/α,β-unsaturated/α-hetero) is 2. The number of nitrogens with one attached hydrogen (secondary N) is 2. The molecule has 0 bridgehead atoms. The molecule has 2 aromatic carbocycles. The quantitative estimate of drug-likeness (QED) is 0.0482. The molecule has 54 heavy (non-hydrogen) atoms. The maximum Gasteiger partial charge on any atom is 0.328 e. The lowest BCUT2D eigenvalue weighted by Gasteiger charge is -2.16. The SMILES string of the molecule is CCCOCc1ccc(OCC(O)CNC(C)C)c(C(C)=O)c1.CCCOCc1ccc(OCC(O)CNC(C)C)c(C(C)=O)c1.O=C(O)/C=C/C(=O)O. The Morgan fingerprint density at radius 3 is 1.28 bits per heavy atom. The molecule has 0 radical (unpaired) electrons. The van der Waals surface area contributed by atoms with Crippen LogP contribution in [0.5, 0.6) is 11.5 Å². The number of carbonyl (C=O) groups excluding carboxylic acids is 2. The zero-order valence-corrected chi connectivity index (χ0v) is 33.1. The molecular weight excluding hydrogens is 700 g/mol. The van der Waals surface area contributed by atoms with Crippen LogP contribution in [0.15, 0.2) is 48.6 Å². The number of carboxylic acid groups (broad SMARTS) is 2. The van der Waals surface area contributed by atoms with Crippen molar-refractivity contribution < 1.29 is 58.6 Å². The molecule has 0 heterocycles. The molecule has 2 rings (SSSR count). The van der Waals surface area contributed by atoms with Crippen molar-refractivity contribution in [2.45, 2.75) is 106 Å². The van der Waals surface area contributed by atoms with Crippen LogP contribution in [0, 0.1) is 0 Å². The second-order valence-electron chi connectivity index (χ2n) is 12.9. The summed E-state index contributed by atoms with van der Waals surface area (Å²) >= 11 is 0. The second kappa shape index (κ2) is 29.2. The van der Waals surface area contributed by atoms with Gasteiger partial charge in [0.2, 0.25) is 0 Å². The summed E-state index contributed by atoms with van der Waals surface area (Å²) in [5.41, 5.74) is 2.93. The highest BCUT2D eigenvalue weighted by molar-refractivity contribution is 5.97. The summed E-state index contributed by atoms with van der Waals surface area (Å²) in [6.45, 7) is 18.7. The Morgan fingerprint density at radius 1 is 0.648 bits per heavy atom. The van der Waals surface area contributed by atoms with Gasteiger partial charge in [0, 0.05) is 50.5 Å². The average molecular weight is 763 g/mol. The van der Waals surface area contributed by atoms with Gasteiger partial charge < -0.3 is 50.0 Å². The largest absolute Gasteiger partial charge is 0.490 e. The normalized spacial score (nSPS) is 12.0. The van der Waals surface area contributed by atoms with Crippen LogP contribution in [0.2, 0.25) is 0 Å². The van der Waals surface area contributed by atoms with Gasteiger partial charge in [0.1, 0.15) is 36.9 Å². The predicted octanol–water partition coefficient (Wildman–Crippen LogP) is 4.82. The molecule has 2 unspecified atom stereocenters. The number of aliphatic carboxylic acids is 2. The summed E-state index contributed by atoms with van der Waals surface area (Å²) in [6, 6.07) is 11.5. The number of benzene rings is 2. The Hall–Kier alpha value is -4.18. The van der Waals surface area contributed by atoms with Gasteiger partial charge in [0.15, 0.2) is 11.6 Å². The minimum atomic E-state index is -1.26. The van der Waals surface area contributed by atoms with E-state index in [9.17, 15) is 29.4 Å². The molecule has 14 nitrogen and oxygen atoms in total. The van der Waals surface area contributed by atoms with E-state index < -0.39 is 24.1 Å². The first-order chi connectivity index (χ1) is 25.5. The van der Waals surface area contributed by atoms with Crippen LogP contribution >= 0.6 is 0 Å². The lowest BCUT2D eigenvalue weighted by atomic mass is 10.1. The van der Waals surface area contributed by atoms with Crippen LogP contribution in [0.1, 0.15) is 100 Å². The number of ether oxygens (including phenoxy) is 4. The monoisotopic (exact) mass is 762 g/mol. The van der Waals surface area contributed by atoms with Crippen molar-refractivity contribution in [1.29, 1.82) is 0 Å². The summed E-state index contributed by atoms with van der Waals surface area (Å²) in [5, 5.41) is 41.7. The third-order valence-electron chi connectivity index (χ3n) is 6.84. The van der Waals surface area contributed by atoms with E-state index >= 15 is 0 Å². The summed E-state index contributed by atoms with van der Waals surface area (Å²) in [7, 11) is 0. The Kier molecular flexibility index (Phi) is 27.0. The Morgan fingerprint density at radius 2 is 1.00 bits per heavy atom. The Bertz CT molecular complexity index is 1320. The van der Waals surface area contributed by atoms with E-state index in [1.54, 1.807) is 24.3 Å². The number of carboxylic acids is 2. The smallest absolute Gasteiger partial charge is 0.328 e. The lowest BCUT2D eigenvalue weighted by molar-refractivity contribution is -0.134. The molecular formula is C40H62N2O12. The first kappa shape index (κ1) is 49.8. The minimum absolute atomic E-state index is 0.0628. The van der Waals surface area contributed by atoms with Gasteiger partial charge in [-0.15, -0.1) is 0 Å². The van der Waals surface area contributed by atoms with Gasteiger partial charge >= 0.3 is 11.9 Å². The van der Waals surface area contributed by atoms with E-state index in [0.717, 1.165) is 24.0 Å². The van der Waals surface area contributed by atoms with E-state index in [1.165, 1.54) is 13.8 Å². The van der Waals surface area contributed by atoms with Gasteiger partial charge in [0.25, 0.3) is 0 Å². The third-order valence-corrected chi connectivity index (χ3v) is 6.84. The molecule has 0 fully saturated rings. The van der Waals surface area contributed by atoms with Crippen molar-refractivity contribution in [3.63, 3.8) is 0 Å². The van der Waals surface area contributed by atoms with E-state index in [-0.39, 0.29) is 24.8 Å². The van der Waals surface area contributed by atoms with Crippen LogP contribution in [-0.2, 0) is 32.3 Å². The van der Waals surface area contributed by atoms with Crippen molar-refractivity contribution in [3.8, 4) is 11.5 Å². The molecule has 0 amide bonds. The van der Waals surface area contributed by atoms with Gasteiger partial charge in [-0.3, -0.25) is 9.59 Å². The molecule has 2 atom stereocenters. The molecule has 2 aromatic rings. The van der Waals surface area contributed by atoms with Crippen molar-refractivity contribution in [2.24, 2.45) is 0 Å². The molecule has 0 aliphatic carbocycles. The molecule has 304 valence electrons. The van der Waals surface area contributed by atoms with Crippen LogP contribution in [0.4, 0.5) is 0 Å². The zero-order chi connectivity index (χ0) is 41.1. The topological polar surface area (TPSA) is 210 Å². The molecule has 6 N–H and O–H groups in total. The highest BCUT2D eigenvalue weighted by Crippen LogP contribution is 2.23. The number of carbonyl (C=O) groups is 4. The van der Waals surface area contributed by atoms with Crippen molar-refractivity contribution in [3.05, 3.63) is 70.8 Å². The fourth-order valence-electron chi connectivity index (χ4n) is 4.18. The standard InChI is InChI=1S/2C18H29NO4.C4H4O4/c2*1-5-8-22-11-15-6-7-18(17(9-15)14(4)20)23-12-16(21)10-19-13(2)3;5-3(6)1-2-4(7)8/h2*6-7,9,13,16,19,21H,5,8,10-12H2,1-4H3;1-2H,(H,5,6)(H,7,8)/b;;2-1+. The number of aliphatic hydroxyl groups is 2. The first-order valence-electron chi connectivity index (χ1n) is 18.2. The highest BCUT2D eigenvalue weighted by atomic mass is 16.5. The van der Waals surface area contributed by atoms with E-state index in [1.807, 2.05) is 39.8 Å². The molecule has 0 aliphatic heterocycles.